The lowest BCUT2D eigenvalue weighted by molar-refractivity contribution is -0.101. The Balaban J connectivity index is 1.16. The lowest BCUT2D eigenvalue weighted by Crippen LogP contribution is -2.50. The van der Waals surface area contributed by atoms with E-state index in [4.69, 9.17) is 4.74 Å². The number of rotatable bonds is 6. The van der Waals surface area contributed by atoms with Gasteiger partial charge in [-0.25, -0.2) is 0 Å². The first kappa shape index (κ1) is 19.2. The van der Waals surface area contributed by atoms with Crippen molar-refractivity contribution < 1.29 is 4.74 Å². The standard InChI is InChI=1S/C22H41N3O/c1-4-9-23-10-5-20(6-11-23)26-21-14-19(15-21)25-13-8-22(17-25)7-12-24(16-22)18(2)3/h18-21H,4-17H2,1-3H3. The van der Waals surface area contributed by atoms with E-state index in [1.807, 2.05) is 0 Å². The largest absolute Gasteiger partial charge is 0.375 e. The van der Waals surface area contributed by atoms with E-state index in [1.165, 1.54) is 90.8 Å². The van der Waals surface area contributed by atoms with Crippen LogP contribution in [0.15, 0.2) is 0 Å². The monoisotopic (exact) mass is 363 g/mol. The highest BCUT2D eigenvalue weighted by Gasteiger charge is 2.47. The van der Waals surface area contributed by atoms with Crippen LogP contribution in [0.5, 0.6) is 0 Å². The van der Waals surface area contributed by atoms with E-state index in [-0.39, 0.29) is 0 Å². The number of likely N-dealkylation sites (tertiary alicyclic amines) is 3. The molecule has 3 saturated heterocycles. The fourth-order valence-electron chi connectivity index (χ4n) is 5.83. The van der Waals surface area contributed by atoms with E-state index < -0.39 is 0 Å². The zero-order valence-corrected chi connectivity index (χ0v) is 17.5. The first-order chi connectivity index (χ1) is 12.6. The average Bonchev–Trinajstić information content (AvgIpc) is 3.20. The smallest absolute Gasteiger partial charge is 0.0608 e. The van der Waals surface area contributed by atoms with Gasteiger partial charge in [-0.3, -0.25) is 4.90 Å². The second kappa shape index (κ2) is 8.06. The lowest BCUT2D eigenvalue weighted by atomic mass is 9.85. The lowest BCUT2D eigenvalue weighted by Gasteiger charge is -2.44. The molecule has 1 spiro atoms. The predicted molar refractivity (Wildman–Crippen MR) is 108 cm³/mol. The molecule has 4 rings (SSSR count). The minimum absolute atomic E-state index is 0.536. The quantitative estimate of drug-likeness (QED) is 0.721. The van der Waals surface area contributed by atoms with Gasteiger partial charge in [0.15, 0.2) is 0 Å². The van der Waals surface area contributed by atoms with Crippen molar-refractivity contribution in [1.82, 2.24) is 14.7 Å². The van der Waals surface area contributed by atoms with Gasteiger partial charge in [-0.15, -0.1) is 0 Å². The summed E-state index contributed by atoms with van der Waals surface area (Å²) in [6.07, 6.45) is 10.3. The van der Waals surface area contributed by atoms with E-state index in [1.54, 1.807) is 0 Å². The first-order valence-electron chi connectivity index (χ1n) is 11.4. The predicted octanol–water partition coefficient (Wildman–Crippen LogP) is 3.21. The molecule has 150 valence electrons. The van der Waals surface area contributed by atoms with E-state index >= 15 is 0 Å². The van der Waals surface area contributed by atoms with Gasteiger partial charge in [-0.05, 0) is 83.8 Å². The zero-order valence-electron chi connectivity index (χ0n) is 17.5. The number of ether oxygens (including phenoxy) is 1. The second-order valence-electron chi connectivity index (χ2n) is 9.96. The number of nitrogens with zero attached hydrogens (tertiary/aromatic N) is 3. The van der Waals surface area contributed by atoms with Gasteiger partial charge in [0, 0.05) is 38.3 Å². The molecule has 4 heteroatoms. The molecule has 0 aromatic rings. The molecule has 0 aromatic heterocycles. The fraction of sp³-hybridized carbons (Fsp3) is 1.00. The third-order valence-electron chi connectivity index (χ3n) is 7.71. The van der Waals surface area contributed by atoms with Crippen molar-refractivity contribution in [2.75, 3.05) is 45.8 Å². The SMILES string of the molecule is CCCN1CCC(OC2CC(N3CCC4(CCN(C(C)C)C4)C3)C2)CC1. The maximum Gasteiger partial charge on any atom is 0.0608 e. The van der Waals surface area contributed by atoms with Gasteiger partial charge in [0.25, 0.3) is 0 Å². The summed E-state index contributed by atoms with van der Waals surface area (Å²) in [4.78, 5) is 8.11. The van der Waals surface area contributed by atoms with Crippen LogP contribution in [-0.2, 0) is 4.74 Å². The van der Waals surface area contributed by atoms with Crippen molar-refractivity contribution in [3.05, 3.63) is 0 Å². The van der Waals surface area contributed by atoms with Crippen molar-refractivity contribution in [3.63, 3.8) is 0 Å². The van der Waals surface area contributed by atoms with Crippen LogP contribution in [0.2, 0.25) is 0 Å². The molecule has 26 heavy (non-hydrogen) atoms. The summed E-state index contributed by atoms with van der Waals surface area (Å²) < 4.78 is 6.45. The van der Waals surface area contributed by atoms with Crippen LogP contribution in [0.3, 0.4) is 0 Å². The summed E-state index contributed by atoms with van der Waals surface area (Å²) in [7, 11) is 0. The Morgan fingerprint density at radius 2 is 1.69 bits per heavy atom. The van der Waals surface area contributed by atoms with Crippen molar-refractivity contribution in [1.29, 1.82) is 0 Å². The normalized spacial score (nSPS) is 37.8. The Hall–Kier alpha value is -0.160. The van der Waals surface area contributed by atoms with Crippen molar-refractivity contribution in [3.8, 4) is 0 Å². The van der Waals surface area contributed by atoms with Crippen molar-refractivity contribution in [2.24, 2.45) is 5.41 Å². The summed E-state index contributed by atoms with van der Waals surface area (Å²) in [5, 5.41) is 0. The summed E-state index contributed by atoms with van der Waals surface area (Å²) in [6, 6.07) is 1.53. The Morgan fingerprint density at radius 3 is 2.35 bits per heavy atom. The van der Waals surface area contributed by atoms with E-state index in [0.29, 0.717) is 23.7 Å². The highest BCUT2D eigenvalue weighted by atomic mass is 16.5. The van der Waals surface area contributed by atoms with Crippen LogP contribution < -0.4 is 0 Å². The van der Waals surface area contributed by atoms with Crippen LogP contribution in [-0.4, -0.2) is 84.8 Å². The molecule has 1 unspecified atom stereocenters. The van der Waals surface area contributed by atoms with Gasteiger partial charge in [-0.1, -0.05) is 6.92 Å². The molecule has 4 aliphatic rings. The van der Waals surface area contributed by atoms with Gasteiger partial charge in [-0.2, -0.15) is 0 Å². The molecule has 0 radical (unpaired) electrons. The zero-order chi connectivity index (χ0) is 18.1. The van der Waals surface area contributed by atoms with E-state index in [2.05, 4.69) is 35.5 Å². The topological polar surface area (TPSA) is 19.0 Å². The van der Waals surface area contributed by atoms with Crippen molar-refractivity contribution >= 4 is 0 Å². The van der Waals surface area contributed by atoms with Gasteiger partial charge in [0.2, 0.25) is 0 Å². The second-order valence-corrected chi connectivity index (χ2v) is 9.96. The fourth-order valence-corrected chi connectivity index (χ4v) is 5.83. The molecule has 0 aromatic carbocycles. The molecular formula is C22H41N3O. The minimum Gasteiger partial charge on any atom is -0.375 e. The maximum atomic E-state index is 6.45. The van der Waals surface area contributed by atoms with Gasteiger partial charge >= 0.3 is 0 Å². The van der Waals surface area contributed by atoms with Gasteiger partial charge in [0.1, 0.15) is 0 Å². The minimum atomic E-state index is 0.536. The highest BCUT2D eigenvalue weighted by Crippen LogP contribution is 2.43. The molecule has 3 heterocycles. The molecular weight excluding hydrogens is 322 g/mol. The molecule has 1 aliphatic carbocycles. The van der Waals surface area contributed by atoms with Crippen LogP contribution in [0.25, 0.3) is 0 Å². The summed E-state index contributed by atoms with van der Waals surface area (Å²) in [6.45, 7) is 16.1. The van der Waals surface area contributed by atoms with Crippen LogP contribution in [0.1, 0.15) is 65.7 Å². The Morgan fingerprint density at radius 1 is 0.962 bits per heavy atom. The molecule has 3 aliphatic heterocycles. The van der Waals surface area contributed by atoms with Crippen LogP contribution in [0.4, 0.5) is 0 Å². The Bertz CT molecular complexity index is 456. The van der Waals surface area contributed by atoms with Crippen LogP contribution in [0, 0.1) is 5.41 Å². The molecule has 0 amide bonds. The maximum absolute atomic E-state index is 6.45. The summed E-state index contributed by atoms with van der Waals surface area (Å²) in [5.41, 5.74) is 0.613. The van der Waals surface area contributed by atoms with Gasteiger partial charge in [0.05, 0.1) is 12.2 Å². The van der Waals surface area contributed by atoms with Crippen molar-refractivity contribution in [2.45, 2.75) is 90.0 Å². The number of piperidine rings is 1. The Labute approximate surface area is 161 Å². The molecule has 1 saturated carbocycles. The van der Waals surface area contributed by atoms with Gasteiger partial charge < -0.3 is 14.5 Å². The van der Waals surface area contributed by atoms with E-state index in [9.17, 15) is 0 Å². The number of hydrogen-bond donors (Lipinski definition) is 0. The molecule has 4 nitrogen and oxygen atoms in total. The molecule has 1 atom stereocenters. The average molecular weight is 364 g/mol. The molecule has 0 bridgehead atoms. The summed E-state index contributed by atoms with van der Waals surface area (Å²) in [5.74, 6) is 0. The molecule has 0 N–H and O–H groups in total. The third-order valence-corrected chi connectivity index (χ3v) is 7.71. The highest BCUT2D eigenvalue weighted by molar-refractivity contribution is 5.01. The van der Waals surface area contributed by atoms with E-state index in [0.717, 1.165) is 6.04 Å². The molecule has 4 fully saturated rings. The first-order valence-corrected chi connectivity index (χ1v) is 11.4. The summed E-state index contributed by atoms with van der Waals surface area (Å²) >= 11 is 0. The third kappa shape index (κ3) is 4.14. The Kier molecular flexibility index (Phi) is 5.95. The number of hydrogen-bond acceptors (Lipinski definition) is 4. The van der Waals surface area contributed by atoms with Crippen LogP contribution >= 0.6 is 0 Å².